The molecule has 0 N–H and O–H groups in total. The lowest BCUT2D eigenvalue weighted by atomic mass is 9.90. The summed E-state index contributed by atoms with van der Waals surface area (Å²) in [5, 5.41) is 0. The van der Waals surface area contributed by atoms with Crippen LogP contribution in [0.15, 0.2) is 78.9 Å². The SMILES string of the molecule is c1ccc(-c2ccccc2-c2ccccc2C2CC2)cc1. The molecule has 0 aliphatic heterocycles. The van der Waals surface area contributed by atoms with Crippen LogP contribution in [0.1, 0.15) is 24.3 Å². The van der Waals surface area contributed by atoms with Crippen molar-refractivity contribution in [2.24, 2.45) is 0 Å². The van der Waals surface area contributed by atoms with Gasteiger partial charge in [-0.25, -0.2) is 0 Å². The van der Waals surface area contributed by atoms with Gasteiger partial charge in [-0.3, -0.25) is 0 Å². The van der Waals surface area contributed by atoms with Crippen LogP contribution in [0.2, 0.25) is 0 Å². The summed E-state index contributed by atoms with van der Waals surface area (Å²) < 4.78 is 0. The number of benzene rings is 3. The van der Waals surface area contributed by atoms with Crippen molar-refractivity contribution in [3.8, 4) is 22.3 Å². The smallest absolute Gasteiger partial charge is 0.0103 e. The van der Waals surface area contributed by atoms with E-state index in [1.54, 1.807) is 0 Å². The molecule has 3 aromatic carbocycles. The summed E-state index contributed by atoms with van der Waals surface area (Å²) in [5.41, 5.74) is 6.89. The van der Waals surface area contributed by atoms with Crippen molar-refractivity contribution in [3.63, 3.8) is 0 Å². The molecule has 0 heterocycles. The van der Waals surface area contributed by atoms with Crippen molar-refractivity contribution in [2.75, 3.05) is 0 Å². The van der Waals surface area contributed by atoms with Gasteiger partial charge in [0.05, 0.1) is 0 Å². The second-order valence-corrected chi connectivity index (χ2v) is 5.77. The normalized spacial score (nSPS) is 14.1. The largest absolute Gasteiger partial charge is 0.0622 e. The van der Waals surface area contributed by atoms with E-state index in [9.17, 15) is 0 Å². The zero-order valence-corrected chi connectivity index (χ0v) is 12.0. The molecule has 0 saturated heterocycles. The van der Waals surface area contributed by atoms with Crippen LogP contribution in [-0.2, 0) is 0 Å². The van der Waals surface area contributed by atoms with Gasteiger partial charge in [0.15, 0.2) is 0 Å². The fraction of sp³-hybridized carbons (Fsp3) is 0.143. The van der Waals surface area contributed by atoms with Crippen LogP contribution in [0.5, 0.6) is 0 Å². The van der Waals surface area contributed by atoms with Gasteiger partial charge in [0.25, 0.3) is 0 Å². The summed E-state index contributed by atoms with van der Waals surface area (Å²) >= 11 is 0. The molecule has 0 nitrogen and oxygen atoms in total. The highest BCUT2D eigenvalue weighted by atomic mass is 14.3. The molecular weight excluding hydrogens is 252 g/mol. The minimum absolute atomic E-state index is 0.769. The minimum Gasteiger partial charge on any atom is -0.0622 e. The third-order valence-corrected chi connectivity index (χ3v) is 4.28. The van der Waals surface area contributed by atoms with Crippen LogP contribution in [0.4, 0.5) is 0 Å². The molecule has 0 radical (unpaired) electrons. The van der Waals surface area contributed by atoms with Gasteiger partial charge in [-0.05, 0) is 46.6 Å². The van der Waals surface area contributed by atoms with Gasteiger partial charge in [-0.2, -0.15) is 0 Å². The third-order valence-electron chi connectivity index (χ3n) is 4.28. The minimum atomic E-state index is 0.769. The van der Waals surface area contributed by atoms with Gasteiger partial charge < -0.3 is 0 Å². The van der Waals surface area contributed by atoms with Gasteiger partial charge in [0.1, 0.15) is 0 Å². The van der Waals surface area contributed by atoms with E-state index in [2.05, 4.69) is 78.9 Å². The van der Waals surface area contributed by atoms with Gasteiger partial charge >= 0.3 is 0 Å². The second-order valence-electron chi connectivity index (χ2n) is 5.77. The van der Waals surface area contributed by atoms with Gasteiger partial charge in [-0.15, -0.1) is 0 Å². The Balaban J connectivity index is 1.90. The lowest BCUT2D eigenvalue weighted by Gasteiger charge is -2.14. The van der Waals surface area contributed by atoms with E-state index in [4.69, 9.17) is 0 Å². The predicted molar refractivity (Wildman–Crippen MR) is 89.3 cm³/mol. The molecule has 0 bridgehead atoms. The molecule has 0 aromatic heterocycles. The zero-order valence-electron chi connectivity index (χ0n) is 12.0. The van der Waals surface area contributed by atoms with Crippen LogP contribution < -0.4 is 0 Å². The summed E-state index contributed by atoms with van der Waals surface area (Å²) in [5.74, 6) is 0.769. The maximum absolute atomic E-state index is 2.30. The lowest BCUT2D eigenvalue weighted by molar-refractivity contribution is 1.13. The fourth-order valence-corrected chi connectivity index (χ4v) is 3.08. The molecule has 3 aromatic rings. The van der Waals surface area contributed by atoms with E-state index >= 15 is 0 Å². The molecule has 4 rings (SSSR count). The van der Waals surface area contributed by atoms with Crippen molar-refractivity contribution < 1.29 is 0 Å². The van der Waals surface area contributed by atoms with E-state index in [0.29, 0.717) is 0 Å². The molecule has 1 fully saturated rings. The third kappa shape index (κ3) is 2.38. The van der Waals surface area contributed by atoms with Crippen molar-refractivity contribution in [3.05, 3.63) is 84.4 Å². The van der Waals surface area contributed by atoms with E-state index in [0.717, 1.165) is 5.92 Å². The topological polar surface area (TPSA) is 0 Å². The summed E-state index contributed by atoms with van der Waals surface area (Å²) in [6, 6.07) is 28.3. The first-order valence-electron chi connectivity index (χ1n) is 7.67. The average Bonchev–Trinajstić information content (AvgIpc) is 3.41. The Bertz CT molecular complexity index is 752. The Hall–Kier alpha value is -2.34. The maximum atomic E-state index is 2.30. The predicted octanol–water partition coefficient (Wildman–Crippen LogP) is 5.90. The number of rotatable bonds is 3. The van der Waals surface area contributed by atoms with E-state index in [1.807, 2.05) is 0 Å². The molecule has 0 amide bonds. The van der Waals surface area contributed by atoms with Crippen molar-refractivity contribution >= 4 is 0 Å². The van der Waals surface area contributed by atoms with Crippen molar-refractivity contribution in [1.29, 1.82) is 0 Å². The first-order chi connectivity index (χ1) is 10.4. The number of hydrogen-bond acceptors (Lipinski definition) is 0. The Kier molecular flexibility index (Phi) is 3.08. The molecule has 1 aliphatic carbocycles. The van der Waals surface area contributed by atoms with Crippen LogP contribution in [-0.4, -0.2) is 0 Å². The highest BCUT2D eigenvalue weighted by Crippen LogP contribution is 2.45. The highest BCUT2D eigenvalue weighted by Gasteiger charge is 2.26. The Labute approximate surface area is 126 Å². The number of hydrogen-bond donors (Lipinski definition) is 0. The Morgan fingerprint density at radius 1 is 0.524 bits per heavy atom. The van der Waals surface area contributed by atoms with Crippen LogP contribution in [0.25, 0.3) is 22.3 Å². The summed E-state index contributed by atoms with van der Waals surface area (Å²) in [6.07, 6.45) is 2.68. The van der Waals surface area contributed by atoms with E-state index in [-0.39, 0.29) is 0 Å². The first-order valence-corrected chi connectivity index (χ1v) is 7.67. The summed E-state index contributed by atoms with van der Waals surface area (Å²) in [6.45, 7) is 0. The average molecular weight is 270 g/mol. The standard InChI is InChI=1S/C21H18/c1-2-8-16(9-3-1)18-10-4-6-12-20(18)21-13-7-5-11-19(21)17-14-15-17/h1-13,17H,14-15H2. The first kappa shape index (κ1) is 12.4. The van der Waals surface area contributed by atoms with Crippen LogP contribution in [0.3, 0.4) is 0 Å². The van der Waals surface area contributed by atoms with Gasteiger partial charge in [0, 0.05) is 0 Å². The molecule has 1 saturated carbocycles. The van der Waals surface area contributed by atoms with Gasteiger partial charge in [-0.1, -0.05) is 78.9 Å². The monoisotopic (exact) mass is 270 g/mol. The fourth-order valence-electron chi connectivity index (χ4n) is 3.08. The molecule has 0 unspecified atom stereocenters. The molecule has 21 heavy (non-hydrogen) atoms. The molecule has 0 atom stereocenters. The molecule has 102 valence electrons. The lowest BCUT2D eigenvalue weighted by Crippen LogP contribution is -1.90. The second kappa shape index (κ2) is 5.21. The molecule has 1 aliphatic rings. The molecule has 0 spiro atoms. The zero-order chi connectivity index (χ0) is 14.1. The van der Waals surface area contributed by atoms with Crippen LogP contribution >= 0.6 is 0 Å². The Morgan fingerprint density at radius 3 is 1.81 bits per heavy atom. The summed E-state index contributed by atoms with van der Waals surface area (Å²) in [7, 11) is 0. The van der Waals surface area contributed by atoms with Crippen molar-refractivity contribution in [2.45, 2.75) is 18.8 Å². The van der Waals surface area contributed by atoms with E-state index < -0.39 is 0 Å². The molecule has 0 heteroatoms. The van der Waals surface area contributed by atoms with E-state index in [1.165, 1.54) is 40.7 Å². The quantitative estimate of drug-likeness (QED) is 0.556. The van der Waals surface area contributed by atoms with Crippen molar-refractivity contribution in [1.82, 2.24) is 0 Å². The van der Waals surface area contributed by atoms with Crippen LogP contribution in [0, 0.1) is 0 Å². The Morgan fingerprint density at radius 2 is 1.10 bits per heavy atom. The highest BCUT2D eigenvalue weighted by molar-refractivity contribution is 5.85. The van der Waals surface area contributed by atoms with Gasteiger partial charge in [0.2, 0.25) is 0 Å². The maximum Gasteiger partial charge on any atom is -0.0103 e. The summed E-state index contributed by atoms with van der Waals surface area (Å²) in [4.78, 5) is 0. The molecular formula is C21H18.